The highest BCUT2D eigenvalue weighted by molar-refractivity contribution is 7.19. The molecule has 0 saturated carbocycles. The monoisotopic (exact) mass is 402 g/mol. The number of benzene rings is 1. The van der Waals surface area contributed by atoms with Crippen molar-refractivity contribution in [2.45, 2.75) is 26.3 Å². The highest BCUT2D eigenvalue weighted by atomic mass is 35.5. The summed E-state index contributed by atoms with van der Waals surface area (Å²) in [6.07, 6.45) is 0.807. The quantitative estimate of drug-likeness (QED) is 0.607. The summed E-state index contributed by atoms with van der Waals surface area (Å²) in [6, 6.07) is 12.7. The van der Waals surface area contributed by atoms with E-state index in [0.717, 1.165) is 11.3 Å². The van der Waals surface area contributed by atoms with Crippen LogP contribution in [-0.2, 0) is 9.53 Å². The van der Waals surface area contributed by atoms with Crippen LogP contribution in [-0.4, -0.2) is 29.5 Å². The number of hydrogen-bond acceptors (Lipinski definition) is 5. The number of carbonyl (C=O) groups excluding carboxylic acids is 2. The molecule has 140 valence electrons. The molecule has 3 aromatic rings. The van der Waals surface area contributed by atoms with Crippen molar-refractivity contribution in [1.82, 2.24) is 10.3 Å². The molecule has 0 radical (unpaired) electrons. The van der Waals surface area contributed by atoms with Crippen molar-refractivity contribution in [2.75, 3.05) is 6.61 Å². The highest BCUT2D eigenvalue weighted by Crippen LogP contribution is 2.32. The molecular formula is C20H19ClN2O3S. The van der Waals surface area contributed by atoms with Gasteiger partial charge in [-0.2, -0.15) is 0 Å². The summed E-state index contributed by atoms with van der Waals surface area (Å²) in [5.41, 5.74) is 1.69. The average Bonchev–Trinajstić information content (AvgIpc) is 3.11. The number of carbonyl (C=O) groups is 2. The third-order valence-corrected chi connectivity index (χ3v) is 5.37. The first-order valence-corrected chi connectivity index (χ1v) is 9.79. The number of aromatic nitrogens is 1. The van der Waals surface area contributed by atoms with Gasteiger partial charge >= 0.3 is 5.97 Å². The number of pyridine rings is 1. The molecule has 1 aromatic carbocycles. The van der Waals surface area contributed by atoms with E-state index >= 15 is 0 Å². The Morgan fingerprint density at radius 3 is 2.74 bits per heavy atom. The van der Waals surface area contributed by atoms with Crippen LogP contribution in [0.25, 0.3) is 21.5 Å². The van der Waals surface area contributed by atoms with Crippen LogP contribution >= 0.6 is 22.9 Å². The van der Waals surface area contributed by atoms with Gasteiger partial charge in [0.15, 0.2) is 6.61 Å². The molecule has 1 N–H and O–H groups in total. The number of halogens is 1. The lowest BCUT2D eigenvalue weighted by atomic mass is 10.1. The Bertz CT molecular complexity index is 986. The fraction of sp³-hybridized carbons (Fsp3) is 0.250. The lowest BCUT2D eigenvalue weighted by Crippen LogP contribution is -2.35. The summed E-state index contributed by atoms with van der Waals surface area (Å²) < 4.78 is 5.88. The van der Waals surface area contributed by atoms with Gasteiger partial charge in [-0.1, -0.05) is 36.7 Å². The standard InChI is InChI=1S/C20H19ClN2O3S/c1-3-12(2)22-19(24)11-26-20(25)14-10-16(17-8-9-18(21)27-17)23-15-7-5-4-6-13(14)15/h4-10,12H,3,11H2,1-2H3,(H,22,24)/t12-/m0/s1. The first-order valence-electron chi connectivity index (χ1n) is 8.60. The van der Waals surface area contributed by atoms with E-state index in [1.807, 2.05) is 44.2 Å². The summed E-state index contributed by atoms with van der Waals surface area (Å²) in [4.78, 5) is 30.0. The van der Waals surface area contributed by atoms with E-state index < -0.39 is 5.97 Å². The molecule has 7 heteroatoms. The summed E-state index contributed by atoms with van der Waals surface area (Å²) in [5, 5.41) is 3.45. The molecule has 1 amide bonds. The molecule has 3 rings (SSSR count). The van der Waals surface area contributed by atoms with Crippen LogP contribution in [0, 0.1) is 0 Å². The Hall–Kier alpha value is -2.44. The van der Waals surface area contributed by atoms with Crippen LogP contribution in [0.3, 0.4) is 0 Å². The van der Waals surface area contributed by atoms with Gasteiger partial charge in [-0.05, 0) is 37.6 Å². The number of thiophene rings is 1. The smallest absolute Gasteiger partial charge is 0.339 e. The first-order chi connectivity index (χ1) is 13.0. The van der Waals surface area contributed by atoms with Crippen molar-refractivity contribution in [2.24, 2.45) is 0 Å². The van der Waals surface area contributed by atoms with Crippen molar-refractivity contribution in [1.29, 1.82) is 0 Å². The normalized spacial score (nSPS) is 12.0. The van der Waals surface area contributed by atoms with Crippen LogP contribution in [0.1, 0.15) is 30.6 Å². The first kappa shape index (κ1) is 19.3. The molecule has 0 aliphatic rings. The Morgan fingerprint density at radius 1 is 1.26 bits per heavy atom. The Balaban J connectivity index is 1.88. The maximum absolute atomic E-state index is 12.7. The number of hydrogen-bond donors (Lipinski definition) is 1. The molecule has 0 spiro atoms. The average molecular weight is 403 g/mol. The SMILES string of the molecule is CC[C@H](C)NC(=O)COC(=O)c1cc(-c2ccc(Cl)s2)nc2ccccc12. The van der Waals surface area contributed by atoms with E-state index in [0.29, 0.717) is 26.5 Å². The molecule has 0 saturated heterocycles. The van der Waals surface area contributed by atoms with Crippen LogP contribution in [0.15, 0.2) is 42.5 Å². The van der Waals surface area contributed by atoms with Gasteiger partial charge in [0.2, 0.25) is 0 Å². The van der Waals surface area contributed by atoms with Crippen LogP contribution in [0.2, 0.25) is 4.34 Å². The molecule has 27 heavy (non-hydrogen) atoms. The Kier molecular flexibility index (Phi) is 6.08. The van der Waals surface area contributed by atoms with Gasteiger partial charge < -0.3 is 10.1 Å². The minimum atomic E-state index is -0.559. The molecule has 2 heterocycles. The van der Waals surface area contributed by atoms with Gasteiger partial charge in [-0.25, -0.2) is 9.78 Å². The van der Waals surface area contributed by atoms with E-state index in [-0.39, 0.29) is 18.6 Å². The largest absolute Gasteiger partial charge is 0.452 e. The molecule has 0 aliphatic carbocycles. The van der Waals surface area contributed by atoms with E-state index in [9.17, 15) is 9.59 Å². The maximum atomic E-state index is 12.7. The van der Waals surface area contributed by atoms with Gasteiger partial charge in [0, 0.05) is 11.4 Å². The third-order valence-electron chi connectivity index (χ3n) is 4.12. The molecule has 0 bridgehead atoms. The van der Waals surface area contributed by atoms with Crippen molar-refractivity contribution < 1.29 is 14.3 Å². The number of rotatable bonds is 6. The second kappa shape index (κ2) is 8.50. The second-order valence-corrected chi connectivity index (χ2v) is 7.84. The van der Waals surface area contributed by atoms with Gasteiger partial charge in [0.05, 0.1) is 26.0 Å². The van der Waals surface area contributed by atoms with Gasteiger partial charge in [-0.15, -0.1) is 11.3 Å². The Labute approximate surface area is 166 Å². The van der Waals surface area contributed by atoms with Crippen LogP contribution in [0.5, 0.6) is 0 Å². The van der Waals surface area contributed by atoms with Crippen LogP contribution < -0.4 is 5.32 Å². The number of para-hydroxylation sites is 1. The second-order valence-electron chi connectivity index (χ2n) is 6.13. The summed E-state index contributed by atoms with van der Waals surface area (Å²) in [5.74, 6) is -0.877. The number of fused-ring (bicyclic) bond motifs is 1. The predicted octanol–water partition coefficient (Wildman–Crippen LogP) is 4.69. The summed E-state index contributed by atoms with van der Waals surface area (Å²) in [7, 11) is 0. The lowest BCUT2D eigenvalue weighted by Gasteiger charge is -2.12. The van der Waals surface area contributed by atoms with Crippen molar-refractivity contribution in [3.05, 3.63) is 52.4 Å². The zero-order valence-corrected chi connectivity index (χ0v) is 16.6. The molecule has 0 unspecified atom stereocenters. The fourth-order valence-electron chi connectivity index (χ4n) is 2.55. The minimum Gasteiger partial charge on any atom is -0.452 e. The maximum Gasteiger partial charge on any atom is 0.339 e. The van der Waals surface area contributed by atoms with E-state index in [1.54, 1.807) is 12.1 Å². The molecule has 0 fully saturated rings. The zero-order chi connectivity index (χ0) is 19.4. The summed E-state index contributed by atoms with van der Waals surface area (Å²) in [6.45, 7) is 3.55. The number of nitrogens with zero attached hydrogens (tertiary/aromatic N) is 1. The van der Waals surface area contributed by atoms with Gasteiger partial charge in [-0.3, -0.25) is 4.79 Å². The van der Waals surface area contributed by atoms with Gasteiger partial charge in [0.25, 0.3) is 5.91 Å². The van der Waals surface area contributed by atoms with E-state index in [2.05, 4.69) is 10.3 Å². The number of ether oxygens (including phenoxy) is 1. The van der Waals surface area contributed by atoms with Crippen molar-refractivity contribution in [3.8, 4) is 10.6 Å². The number of nitrogens with one attached hydrogen (secondary N) is 1. The highest BCUT2D eigenvalue weighted by Gasteiger charge is 2.17. The molecule has 1 atom stereocenters. The van der Waals surface area contributed by atoms with E-state index in [1.165, 1.54) is 11.3 Å². The molecule has 5 nitrogen and oxygen atoms in total. The van der Waals surface area contributed by atoms with Gasteiger partial charge in [0.1, 0.15) is 0 Å². The number of amides is 1. The van der Waals surface area contributed by atoms with Crippen molar-refractivity contribution in [3.63, 3.8) is 0 Å². The lowest BCUT2D eigenvalue weighted by molar-refractivity contribution is -0.124. The fourth-order valence-corrected chi connectivity index (χ4v) is 3.55. The minimum absolute atomic E-state index is 0.0353. The van der Waals surface area contributed by atoms with E-state index in [4.69, 9.17) is 16.3 Å². The Morgan fingerprint density at radius 2 is 2.04 bits per heavy atom. The van der Waals surface area contributed by atoms with Crippen LogP contribution in [0.4, 0.5) is 0 Å². The van der Waals surface area contributed by atoms with Crippen molar-refractivity contribution >= 4 is 45.7 Å². The third kappa shape index (κ3) is 4.64. The number of esters is 1. The molecule has 2 aromatic heterocycles. The molecular weight excluding hydrogens is 384 g/mol. The summed E-state index contributed by atoms with van der Waals surface area (Å²) >= 11 is 7.41. The molecule has 0 aliphatic heterocycles. The zero-order valence-electron chi connectivity index (χ0n) is 15.0. The topological polar surface area (TPSA) is 68.3 Å². The predicted molar refractivity (Wildman–Crippen MR) is 108 cm³/mol.